The van der Waals surface area contributed by atoms with Crippen molar-refractivity contribution in [3.63, 3.8) is 0 Å². The van der Waals surface area contributed by atoms with Gasteiger partial charge in [-0.2, -0.15) is 0 Å². The van der Waals surface area contributed by atoms with Gasteiger partial charge in [-0.05, 0) is 62.1 Å². The van der Waals surface area contributed by atoms with E-state index in [1.54, 1.807) is 12.1 Å². The number of rotatable bonds is 4. The van der Waals surface area contributed by atoms with Crippen LogP contribution in [0.4, 0.5) is 5.69 Å². The second kappa shape index (κ2) is 7.84. The molecule has 2 aliphatic rings. The third-order valence-electron chi connectivity index (χ3n) is 5.60. The van der Waals surface area contributed by atoms with E-state index in [4.69, 9.17) is 11.6 Å². The Morgan fingerprint density at radius 1 is 1.18 bits per heavy atom. The summed E-state index contributed by atoms with van der Waals surface area (Å²) in [6.45, 7) is 4.14. The van der Waals surface area contributed by atoms with Crippen LogP contribution >= 0.6 is 11.6 Å². The molecule has 1 N–H and O–H groups in total. The Morgan fingerprint density at radius 3 is 2.71 bits per heavy atom. The van der Waals surface area contributed by atoms with Gasteiger partial charge < -0.3 is 15.1 Å². The fourth-order valence-corrected chi connectivity index (χ4v) is 4.28. The lowest BCUT2D eigenvalue weighted by Gasteiger charge is -2.47. The maximum atomic E-state index is 12.9. The fraction of sp³-hybridized carbons (Fsp3) is 0.364. The van der Waals surface area contributed by atoms with E-state index in [1.807, 2.05) is 35.2 Å². The van der Waals surface area contributed by atoms with Gasteiger partial charge in [0.1, 0.15) is 6.17 Å². The zero-order chi connectivity index (χ0) is 19.7. The molecule has 0 radical (unpaired) electrons. The van der Waals surface area contributed by atoms with Crippen LogP contribution in [0.1, 0.15) is 52.5 Å². The van der Waals surface area contributed by atoms with Crippen LogP contribution in [0.5, 0.6) is 0 Å². The van der Waals surface area contributed by atoms with Gasteiger partial charge in [-0.15, -0.1) is 0 Å². The molecule has 6 heteroatoms. The summed E-state index contributed by atoms with van der Waals surface area (Å²) in [5, 5.41) is 3.62. The average molecular weight is 398 g/mol. The maximum absolute atomic E-state index is 12.9. The first-order valence-corrected chi connectivity index (χ1v) is 10.2. The summed E-state index contributed by atoms with van der Waals surface area (Å²) in [7, 11) is 0. The van der Waals surface area contributed by atoms with E-state index >= 15 is 0 Å². The van der Waals surface area contributed by atoms with Crippen molar-refractivity contribution >= 4 is 29.1 Å². The number of fused-ring (bicyclic) bond motifs is 2. The normalized spacial score (nSPS) is 18.5. The number of anilines is 1. The van der Waals surface area contributed by atoms with Crippen LogP contribution in [0.15, 0.2) is 42.5 Å². The first-order chi connectivity index (χ1) is 13.6. The molecule has 0 aliphatic carbocycles. The minimum atomic E-state index is -0.146. The highest BCUT2D eigenvalue weighted by molar-refractivity contribution is 6.30. The molecule has 5 nitrogen and oxygen atoms in total. The first kappa shape index (κ1) is 18.8. The molecule has 2 aliphatic heterocycles. The van der Waals surface area contributed by atoms with E-state index in [0.717, 1.165) is 43.6 Å². The molecule has 2 heterocycles. The van der Waals surface area contributed by atoms with Gasteiger partial charge in [-0.25, -0.2) is 0 Å². The predicted octanol–water partition coefficient (Wildman–Crippen LogP) is 4.06. The molecule has 1 atom stereocenters. The number of hydrogen-bond acceptors (Lipinski definition) is 3. The standard InChI is InChI=1S/C22H24ClN3O2/c1-2-25-19-13-16(21(27)24-14-15-6-9-17(23)10-7-15)8-11-18(19)22(28)26-12-4-3-5-20(25)26/h6-11,13,20H,2-5,12,14H2,1H3,(H,24,27)/t20-/m1/s1. The molecule has 4 rings (SSSR count). The van der Waals surface area contributed by atoms with Gasteiger partial charge in [-0.1, -0.05) is 23.7 Å². The molecule has 0 spiro atoms. The number of carbonyl (C=O) groups is 2. The Hall–Kier alpha value is -2.53. The van der Waals surface area contributed by atoms with Crippen LogP contribution in [-0.4, -0.2) is 36.0 Å². The van der Waals surface area contributed by atoms with E-state index < -0.39 is 0 Å². The number of carbonyl (C=O) groups excluding carboxylic acids is 2. The van der Waals surface area contributed by atoms with E-state index in [1.165, 1.54) is 0 Å². The van der Waals surface area contributed by atoms with Crippen LogP contribution < -0.4 is 10.2 Å². The van der Waals surface area contributed by atoms with Gasteiger partial charge >= 0.3 is 0 Å². The Labute approximate surface area is 170 Å². The molecule has 0 bridgehead atoms. The van der Waals surface area contributed by atoms with Crippen molar-refractivity contribution in [2.24, 2.45) is 0 Å². The average Bonchev–Trinajstić information content (AvgIpc) is 2.73. The van der Waals surface area contributed by atoms with Crippen molar-refractivity contribution < 1.29 is 9.59 Å². The minimum Gasteiger partial charge on any atom is -0.351 e. The van der Waals surface area contributed by atoms with Gasteiger partial charge in [0.15, 0.2) is 0 Å². The Bertz CT molecular complexity index is 897. The maximum Gasteiger partial charge on any atom is 0.257 e. The van der Waals surface area contributed by atoms with Crippen LogP contribution in [0.3, 0.4) is 0 Å². The first-order valence-electron chi connectivity index (χ1n) is 9.83. The number of hydrogen-bond donors (Lipinski definition) is 1. The van der Waals surface area contributed by atoms with Gasteiger partial charge in [0.05, 0.1) is 11.3 Å². The highest BCUT2D eigenvalue weighted by Crippen LogP contribution is 2.35. The highest BCUT2D eigenvalue weighted by Gasteiger charge is 2.38. The molecular weight excluding hydrogens is 374 g/mol. The van der Waals surface area contributed by atoms with Gasteiger partial charge in [0.25, 0.3) is 11.8 Å². The molecule has 2 aromatic carbocycles. The van der Waals surface area contributed by atoms with Crippen LogP contribution in [0.25, 0.3) is 0 Å². The number of nitrogens with zero attached hydrogens (tertiary/aromatic N) is 2. The monoisotopic (exact) mass is 397 g/mol. The van der Waals surface area contributed by atoms with E-state index in [0.29, 0.717) is 22.7 Å². The van der Waals surface area contributed by atoms with Gasteiger partial charge in [0.2, 0.25) is 0 Å². The summed E-state index contributed by atoms with van der Waals surface area (Å²) < 4.78 is 0. The van der Waals surface area contributed by atoms with Gasteiger partial charge in [-0.3, -0.25) is 9.59 Å². The van der Waals surface area contributed by atoms with Crippen LogP contribution in [0, 0.1) is 0 Å². The van der Waals surface area contributed by atoms with Crippen molar-refractivity contribution in [2.75, 3.05) is 18.0 Å². The SMILES string of the molecule is CCN1c2cc(C(=O)NCc3ccc(Cl)cc3)ccc2C(=O)N2CCCC[C@@H]21. The zero-order valence-electron chi connectivity index (χ0n) is 16.0. The van der Waals surface area contributed by atoms with E-state index in [9.17, 15) is 9.59 Å². The molecule has 1 saturated heterocycles. The summed E-state index contributed by atoms with van der Waals surface area (Å²) >= 11 is 5.90. The lowest BCUT2D eigenvalue weighted by atomic mass is 9.97. The quantitative estimate of drug-likeness (QED) is 0.846. The number of amides is 2. The van der Waals surface area contributed by atoms with Crippen molar-refractivity contribution in [2.45, 2.75) is 38.9 Å². The van der Waals surface area contributed by atoms with E-state index in [-0.39, 0.29) is 18.0 Å². The van der Waals surface area contributed by atoms with Crippen LogP contribution in [0.2, 0.25) is 5.02 Å². The number of benzene rings is 2. The third kappa shape index (κ3) is 3.47. The van der Waals surface area contributed by atoms with Gasteiger partial charge in [0, 0.05) is 30.2 Å². The number of nitrogens with one attached hydrogen (secondary N) is 1. The second-order valence-electron chi connectivity index (χ2n) is 7.30. The topological polar surface area (TPSA) is 52.7 Å². The zero-order valence-corrected chi connectivity index (χ0v) is 16.7. The molecule has 0 unspecified atom stereocenters. The highest BCUT2D eigenvalue weighted by atomic mass is 35.5. The summed E-state index contributed by atoms with van der Waals surface area (Å²) in [5.74, 6) is -0.0650. The Morgan fingerprint density at radius 2 is 1.96 bits per heavy atom. The molecular formula is C22H24ClN3O2. The fourth-order valence-electron chi connectivity index (χ4n) is 4.15. The minimum absolute atomic E-state index is 0.0810. The molecule has 2 aromatic rings. The van der Waals surface area contributed by atoms with E-state index in [2.05, 4.69) is 17.1 Å². The summed E-state index contributed by atoms with van der Waals surface area (Å²) in [6, 6.07) is 12.8. The van der Waals surface area contributed by atoms with Crippen LogP contribution in [-0.2, 0) is 6.54 Å². The molecule has 1 fully saturated rings. The Kier molecular flexibility index (Phi) is 5.27. The summed E-state index contributed by atoms with van der Waals surface area (Å²) in [4.78, 5) is 29.8. The third-order valence-corrected chi connectivity index (χ3v) is 5.85. The predicted molar refractivity (Wildman–Crippen MR) is 111 cm³/mol. The Balaban J connectivity index is 1.56. The van der Waals surface area contributed by atoms with Crippen molar-refractivity contribution in [3.05, 3.63) is 64.2 Å². The second-order valence-corrected chi connectivity index (χ2v) is 7.74. The molecule has 0 aromatic heterocycles. The van der Waals surface area contributed by atoms with Crippen molar-refractivity contribution in [1.29, 1.82) is 0 Å². The molecule has 146 valence electrons. The molecule has 0 saturated carbocycles. The molecule has 2 amide bonds. The number of piperidine rings is 1. The lowest BCUT2D eigenvalue weighted by molar-refractivity contribution is 0.0582. The molecule has 28 heavy (non-hydrogen) atoms. The lowest BCUT2D eigenvalue weighted by Crippen LogP contribution is -2.57. The smallest absolute Gasteiger partial charge is 0.257 e. The largest absolute Gasteiger partial charge is 0.351 e. The summed E-state index contributed by atoms with van der Waals surface area (Å²) in [6.07, 6.45) is 3.26. The van der Waals surface area contributed by atoms with Crippen molar-refractivity contribution in [3.8, 4) is 0 Å². The summed E-state index contributed by atoms with van der Waals surface area (Å²) in [5.41, 5.74) is 3.12. The van der Waals surface area contributed by atoms with Crippen molar-refractivity contribution in [1.82, 2.24) is 10.2 Å². The number of halogens is 1.